The van der Waals surface area contributed by atoms with Crippen LogP contribution in [0.4, 0.5) is 5.69 Å². The van der Waals surface area contributed by atoms with E-state index in [4.69, 9.17) is 0 Å². The van der Waals surface area contributed by atoms with Crippen LogP contribution >= 0.6 is 0 Å². The summed E-state index contributed by atoms with van der Waals surface area (Å²) in [5, 5.41) is 3.72. The molecule has 0 aliphatic heterocycles. The fraction of sp³-hybridized carbons (Fsp3) is 0.385. The molecule has 0 amide bonds. The molecule has 1 nitrogen and oxygen atoms in total. The van der Waals surface area contributed by atoms with Gasteiger partial charge < -0.3 is 5.32 Å². The van der Waals surface area contributed by atoms with E-state index in [0.717, 1.165) is 0 Å². The topological polar surface area (TPSA) is 12.0 Å². The van der Waals surface area contributed by atoms with Crippen LogP contribution in [0.5, 0.6) is 0 Å². The van der Waals surface area contributed by atoms with Gasteiger partial charge in [-0.25, -0.2) is 0 Å². The van der Waals surface area contributed by atoms with Crippen LogP contribution < -0.4 is 5.32 Å². The van der Waals surface area contributed by atoms with E-state index in [1.54, 1.807) is 0 Å². The second-order valence-electron chi connectivity index (χ2n) is 9.28. The molecule has 1 heteroatoms. The van der Waals surface area contributed by atoms with E-state index >= 15 is 0 Å². The summed E-state index contributed by atoms with van der Waals surface area (Å²) in [5.74, 6) is 2.04. The molecule has 0 saturated heterocycles. The number of aryl methyl sites for hydroxylation is 1. The largest absolute Gasteiger partial charge is 0.380 e. The smallest absolute Gasteiger partial charge is 0.0424 e. The average Bonchev–Trinajstić information content (AvgIpc) is 3.06. The Morgan fingerprint density at radius 2 is 1.52 bits per heavy atom. The lowest BCUT2D eigenvalue weighted by Crippen LogP contribution is -2.26. The van der Waals surface area contributed by atoms with E-state index in [9.17, 15) is 0 Å². The Morgan fingerprint density at radius 3 is 2.19 bits per heavy atom. The van der Waals surface area contributed by atoms with Crippen LogP contribution in [-0.2, 0) is 0 Å². The second-order valence-corrected chi connectivity index (χ2v) is 9.28. The van der Waals surface area contributed by atoms with Gasteiger partial charge in [0.15, 0.2) is 0 Å². The third kappa shape index (κ3) is 3.88. The maximum Gasteiger partial charge on any atom is 0.0424 e. The molecule has 2 aromatic rings. The van der Waals surface area contributed by atoms with Gasteiger partial charge in [0, 0.05) is 16.8 Å². The van der Waals surface area contributed by atoms with Gasteiger partial charge in [0.05, 0.1) is 0 Å². The highest BCUT2D eigenvalue weighted by atomic mass is 15.0. The minimum Gasteiger partial charge on any atom is -0.380 e. The number of rotatable bonds is 3. The van der Waals surface area contributed by atoms with Crippen molar-refractivity contribution < 1.29 is 0 Å². The summed E-state index contributed by atoms with van der Waals surface area (Å²) in [5.41, 5.74) is 6.82. The van der Waals surface area contributed by atoms with Crippen LogP contribution in [0.1, 0.15) is 50.7 Å². The zero-order valence-electron chi connectivity index (χ0n) is 17.0. The maximum absolute atomic E-state index is 3.72. The molecule has 140 valence electrons. The lowest BCUT2D eigenvalue weighted by atomic mass is 9.87. The summed E-state index contributed by atoms with van der Waals surface area (Å²) >= 11 is 0. The van der Waals surface area contributed by atoms with Crippen LogP contribution in [0.3, 0.4) is 0 Å². The first-order valence-corrected chi connectivity index (χ1v) is 10.2. The quantitative estimate of drug-likeness (QED) is 0.617. The van der Waals surface area contributed by atoms with Crippen LogP contribution in [0, 0.1) is 18.8 Å². The standard InChI is InChI=1S/C26H31N/c1-18-13-14-25(27-26(2,3)4)24(15-18)23-12-8-7-11-22(23)21-16-19-9-5-6-10-20(19)17-21/h5-15,19-21,27H,16-17H2,1-4H3. The summed E-state index contributed by atoms with van der Waals surface area (Å²) in [4.78, 5) is 0. The number of hydrogen-bond donors (Lipinski definition) is 1. The van der Waals surface area contributed by atoms with Gasteiger partial charge in [-0.05, 0) is 81.5 Å². The summed E-state index contributed by atoms with van der Waals surface area (Å²) in [6.07, 6.45) is 11.8. The lowest BCUT2D eigenvalue weighted by molar-refractivity contribution is 0.552. The van der Waals surface area contributed by atoms with Crippen molar-refractivity contribution in [1.82, 2.24) is 0 Å². The normalized spacial score (nSPS) is 24.1. The first-order chi connectivity index (χ1) is 12.9. The highest BCUT2D eigenvalue weighted by molar-refractivity contribution is 5.81. The summed E-state index contributed by atoms with van der Waals surface area (Å²) in [7, 11) is 0. The number of fused-ring (bicyclic) bond motifs is 1. The molecule has 2 unspecified atom stereocenters. The van der Waals surface area contributed by atoms with Crippen LogP contribution in [0.25, 0.3) is 11.1 Å². The Bertz CT molecular complexity index is 861. The molecule has 0 spiro atoms. The Labute approximate surface area is 164 Å². The third-order valence-electron chi connectivity index (χ3n) is 5.87. The van der Waals surface area contributed by atoms with Crippen molar-refractivity contribution in [3.05, 3.63) is 77.9 Å². The van der Waals surface area contributed by atoms with E-state index in [2.05, 4.69) is 99.8 Å². The van der Waals surface area contributed by atoms with Crippen LogP contribution in [0.15, 0.2) is 66.8 Å². The minimum absolute atomic E-state index is 0.0385. The van der Waals surface area contributed by atoms with Gasteiger partial charge in [-0.3, -0.25) is 0 Å². The van der Waals surface area contributed by atoms with Gasteiger partial charge in [0.25, 0.3) is 0 Å². The van der Waals surface area contributed by atoms with Gasteiger partial charge >= 0.3 is 0 Å². The van der Waals surface area contributed by atoms with E-state index in [1.165, 1.54) is 40.8 Å². The van der Waals surface area contributed by atoms with Crippen molar-refractivity contribution in [2.24, 2.45) is 11.8 Å². The Balaban J connectivity index is 1.75. The van der Waals surface area contributed by atoms with Crippen molar-refractivity contribution in [3.8, 4) is 11.1 Å². The number of nitrogens with one attached hydrogen (secondary N) is 1. The van der Waals surface area contributed by atoms with E-state index in [1.807, 2.05) is 0 Å². The first-order valence-electron chi connectivity index (χ1n) is 10.2. The van der Waals surface area contributed by atoms with E-state index < -0.39 is 0 Å². The van der Waals surface area contributed by atoms with E-state index in [0.29, 0.717) is 17.8 Å². The summed E-state index contributed by atoms with van der Waals surface area (Å²) in [6, 6.07) is 15.9. The number of benzene rings is 2. The monoisotopic (exact) mass is 357 g/mol. The highest BCUT2D eigenvalue weighted by Gasteiger charge is 2.34. The lowest BCUT2D eigenvalue weighted by Gasteiger charge is -2.26. The van der Waals surface area contributed by atoms with E-state index in [-0.39, 0.29) is 5.54 Å². The molecule has 0 aromatic heterocycles. The molecular formula is C26H31N. The molecule has 27 heavy (non-hydrogen) atoms. The van der Waals surface area contributed by atoms with Gasteiger partial charge in [-0.1, -0.05) is 60.2 Å². The highest BCUT2D eigenvalue weighted by Crippen LogP contribution is 2.48. The fourth-order valence-electron chi connectivity index (χ4n) is 4.71. The molecule has 4 rings (SSSR count). The molecule has 2 aliphatic carbocycles. The Morgan fingerprint density at radius 1 is 0.852 bits per heavy atom. The maximum atomic E-state index is 3.72. The summed E-state index contributed by atoms with van der Waals surface area (Å²) in [6.45, 7) is 8.86. The number of allylic oxidation sites excluding steroid dienone is 4. The SMILES string of the molecule is Cc1ccc(NC(C)(C)C)c(-c2ccccc2C2CC3C=CC=CC3C2)c1. The molecule has 0 radical (unpaired) electrons. The molecule has 2 aliphatic rings. The van der Waals surface area contributed by atoms with Gasteiger partial charge in [-0.15, -0.1) is 0 Å². The molecule has 1 N–H and O–H groups in total. The Hall–Kier alpha value is -2.28. The Kier molecular flexibility index (Phi) is 4.72. The molecule has 0 heterocycles. The minimum atomic E-state index is 0.0385. The predicted molar refractivity (Wildman–Crippen MR) is 117 cm³/mol. The van der Waals surface area contributed by atoms with Crippen LogP contribution in [0.2, 0.25) is 0 Å². The molecule has 1 fully saturated rings. The van der Waals surface area contributed by atoms with Crippen molar-refractivity contribution in [3.63, 3.8) is 0 Å². The molecule has 0 bridgehead atoms. The number of anilines is 1. The average molecular weight is 358 g/mol. The fourth-order valence-corrected chi connectivity index (χ4v) is 4.71. The van der Waals surface area contributed by atoms with Gasteiger partial charge in [0.1, 0.15) is 0 Å². The molecular weight excluding hydrogens is 326 g/mol. The summed E-state index contributed by atoms with van der Waals surface area (Å²) < 4.78 is 0. The molecule has 2 aromatic carbocycles. The van der Waals surface area contributed by atoms with Crippen molar-refractivity contribution >= 4 is 5.69 Å². The van der Waals surface area contributed by atoms with Gasteiger partial charge in [-0.2, -0.15) is 0 Å². The third-order valence-corrected chi connectivity index (χ3v) is 5.87. The zero-order chi connectivity index (χ0) is 19.0. The van der Waals surface area contributed by atoms with Crippen molar-refractivity contribution in [2.75, 3.05) is 5.32 Å². The second kappa shape index (κ2) is 7.03. The predicted octanol–water partition coefficient (Wildman–Crippen LogP) is 7.11. The molecule has 2 atom stereocenters. The van der Waals surface area contributed by atoms with Crippen LogP contribution in [-0.4, -0.2) is 5.54 Å². The molecule has 1 saturated carbocycles. The van der Waals surface area contributed by atoms with Gasteiger partial charge in [0.2, 0.25) is 0 Å². The number of hydrogen-bond acceptors (Lipinski definition) is 1. The first kappa shape index (κ1) is 18.1. The van der Waals surface area contributed by atoms with Crippen molar-refractivity contribution in [1.29, 1.82) is 0 Å². The van der Waals surface area contributed by atoms with Crippen molar-refractivity contribution in [2.45, 2.75) is 52.0 Å². The zero-order valence-corrected chi connectivity index (χ0v) is 17.0.